The molecule has 0 aromatic carbocycles. The molecule has 0 amide bonds. The first-order chi connectivity index (χ1) is 6.20. The van der Waals surface area contributed by atoms with Gasteiger partial charge in [-0.1, -0.05) is 6.92 Å². The summed E-state index contributed by atoms with van der Waals surface area (Å²) in [6, 6.07) is 2.34. The van der Waals surface area contributed by atoms with Gasteiger partial charge in [-0.25, -0.2) is 0 Å². The van der Waals surface area contributed by atoms with Crippen molar-refractivity contribution in [1.82, 2.24) is 4.90 Å². The fourth-order valence-electron chi connectivity index (χ4n) is 2.84. The molecule has 0 aromatic rings. The summed E-state index contributed by atoms with van der Waals surface area (Å²) in [6.07, 6.45) is 2.29. The van der Waals surface area contributed by atoms with Gasteiger partial charge in [0.1, 0.15) is 5.54 Å². The molecule has 2 rings (SSSR count). The van der Waals surface area contributed by atoms with Crippen molar-refractivity contribution in [3.8, 4) is 6.07 Å². The summed E-state index contributed by atoms with van der Waals surface area (Å²) in [7, 11) is 0. The Kier molecular flexibility index (Phi) is 2.05. The molecule has 1 aliphatic carbocycles. The molecule has 72 valence electrons. The van der Waals surface area contributed by atoms with Gasteiger partial charge < -0.3 is 10.6 Å². The van der Waals surface area contributed by atoms with Gasteiger partial charge in [-0.2, -0.15) is 5.26 Å². The van der Waals surface area contributed by atoms with Crippen LogP contribution in [-0.2, 0) is 0 Å². The smallest absolute Gasteiger partial charge is 0.112 e. The monoisotopic (exact) mass is 179 g/mol. The third-order valence-corrected chi connectivity index (χ3v) is 3.81. The third-order valence-electron chi connectivity index (χ3n) is 3.81. The molecule has 1 saturated carbocycles. The first kappa shape index (κ1) is 8.98. The zero-order valence-electron chi connectivity index (χ0n) is 8.16. The minimum absolute atomic E-state index is 0.413. The number of likely N-dealkylation sites (tertiary alicyclic amines) is 1. The maximum atomic E-state index is 9.10. The molecule has 2 atom stereocenters. The molecule has 0 spiro atoms. The van der Waals surface area contributed by atoms with Gasteiger partial charge in [0.25, 0.3) is 0 Å². The Morgan fingerprint density at radius 3 is 2.38 bits per heavy atom. The second-order valence-electron chi connectivity index (χ2n) is 4.37. The highest BCUT2D eigenvalue weighted by molar-refractivity contribution is 5.19. The van der Waals surface area contributed by atoms with Crippen molar-refractivity contribution in [1.29, 1.82) is 5.26 Å². The Hall–Kier alpha value is -0.590. The van der Waals surface area contributed by atoms with Crippen LogP contribution in [-0.4, -0.2) is 30.1 Å². The lowest BCUT2D eigenvalue weighted by Crippen LogP contribution is -2.58. The van der Waals surface area contributed by atoms with Gasteiger partial charge in [0.05, 0.1) is 6.07 Å². The summed E-state index contributed by atoms with van der Waals surface area (Å²) in [4.78, 5) is 2.42. The molecule has 2 aliphatic rings. The van der Waals surface area contributed by atoms with Crippen LogP contribution < -0.4 is 5.73 Å². The van der Waals surface area contributed by atoms with E-state index in [0.29, 0.717) is 11.8 Å². The summed E-state index contributed by atoms with van der Waals surface area (Å²) < 4.78 is 0. The van der Waals surface area contributed by atoms with E-state index in [1.807, 2.05) is 0 Å². The Balaban J connectivity index is 2.19. The highest BCUT2D eigenvalue weighted by atomic mass is 15.2. The maximum absolute atomic E-state index is 9.10. The number of piperidine rings is 1. The summed E-state index contributed by atoms with van der Waals surface area (Å²) in [6.45, 7) is 5.32. The predicted octanol–water partition coefficient (Wildman–Crippen LogP) is 0.569. The minimum atomic E-state index is -0.508. The van der Waals surface area contributed by atoms with Gasteiger partial charge >= 0.3 is 0 Å². The molecule has 3 nitrogen and oxygen atoms in total. The van der Waals surface area contributed by atoms with Crippen LogP contribution in [0.1, 0.15) is 19.8 Å². The third kappa shape index (κ3) is 1.17. The van der Waals surface area contributed by atoms with Crippen LogP contribution in [0.4, 0.5) is 0 Å². The van der Waals surface area contributed by atoms with E-state index < -0.39 is 5.54 Å². The van der Waals surface area contributed by atoms with E-state index in [9.17, 15) is 0 Å². The van der Waals surface area contributed by atoms with Gasteiger partial charge in [0.2, 0.25) is 0 Å². The molecule has 1 heterocycles. The molecule has 2 fully saturated rings. The zero-order chi connectivity index (χ0) is 9.47. The number of hydrogen-bond donors (Lipinski definition) is 1. The highest BCUT2D eigenvalue weighted by Gasteiger charge is 2.51. The molecule has 2 bridgehead atoms. The summed E-state index contributed by atoms with van der Waals surface area (Å²) in [5.74, 6) is 0.826. The van der Waals surface area contributed by atoms with Crippen LogP contribution in [0, 0.1) is 23.2 Å². The number of rotatable bonds is 1. The lowest BCUT2D eigenvalue weighted by atomic mass is 9.79. The average molecular weight is 179 g/mol. The second-order valence-corrected chi connectivity index (χ2v) is 4.37. The largest absolute Gasteiger partial charge is 0.313 e. The van der Waals surface area contributed by atoms with E-state index >= 15 is 0 Å². The fourth-order valence-corrected chi connectivity index (χ4v) is 2.84. The van der Waals surface area contributed by atoms with Crippen LogP contribution in [0.5, 0.6) is 0 Å². The van der Waals surface area contributed by atoms with Gasteiger partial charge in [-0.15, -0.1) is 0 Å². The zero-order valence-corrected chi connectivity index (χ0v) is 8.16. The van der Waals surface area contributed by atoms with Crippen molar-refractivity contribution in [3.63, 3.8) is 0 Å². The van der Waals surface area contributed by atoms with E-state index in [1.54, 1.807) is 0 Å². The van der Waals surface area contributed by atoms with Gasteiger partial charge in [0, 0.05) is 24.9 Å². The first-order valence-corrected chi connectivity index (χ1v) is 5.13. The molecular weight excluding hydrogens is 162 g/mol. The van der Waals surface area contributed by atoms with Gasteiger partial charge in [0.15, 0.2) is 0 Å². The molecule has 13 heavy (non-hydrogen) atoms. The Morgan fingerprint density at radius 1 is 1.46 bits per heavy atom. The van der Waals surface area contributed by atoms with Gasteiger partial charge in [-0.3, -0.25) is 0 Å². The molecule has 2 N–H and O–H groups in total. The summed E-state index contributed by atoms with van der Waals surface area (Å²) in [5, 5.41) is 9.10. The van der Waals surface area contributed by atoms with Gasteiger partial charge in [-0.05, 0) is 19.4 Å². The van der Waals surface area contributed by atoms with Crippen molar-refractivity contribution in [2.24, 2.45) is 17.6 Å². The molecule has 2 unspecified atom stereocenters. The van der Waals surface area contributed by atoms with Crippen molar-refractivity contribution in [2.45, 2.75) is 25.3 Å². The molecule has 3 heteroatoms. The van der Waals surface area contributed by atoms with Crippen LogP contribution in [0.2, 0.25) is 0 Å². The van der Waals surface area contributed by atoms with Crippen molar-refractivity contribution >= 4 is 0 Å². The SMILES string of the molecule is CCN1CC2CCC(C1)C2(N)C#N. The second kappa shape index (κ2) is 2.97. The fraction of sp³-hybridized carbons (Fsp3) is 0.900. The summed E-state index contributed by atoms with van der Waals surface area (Å²) in [5.41, 5.74) is 5.63. The number of hydrogen-bond acceptors (Lipinski definition) is 3. The topological polar surface area (TPSA) is 53.0 Å². The average Bonchev–Trinajstić information content (AvgIpc) is 2.39. The summed E-state index contributed by atoms with van der Waals surface area (Å²) >= 11 is 0. The van der Waals surface area contributed by atoms with E-state index in [-0.39, 0.29) is 0 Å². The van der Waals surface area contributed by atoms with Crippen LogP contribution in [0.15, 0.2) is 0 Å². The first-order valence-electron chi connectivity index (χ1n) is 5.13. The normalized spacial score (nSPS) is 44.7. The number of nitriles is 1. The van der Waals surface area contributed by atoms with Crippen LogP contribution in [0.25, 0.3) is 0 Å². The molecular formula is C10H17N3. The van der Waals surface area contributed by atoms with E-state index in [0.717, 1.165) is 32.5 Å². The van der Waals surface area contributed by atoms with Crippen molar-refractivity contribution in [3.05, 3.63) is 0 Å². The molecule has 0 aromatic heterocycles. The number of nitrogens with zero attached hydrogens (tertiary/aromatic N) is 2. The lowest BCUT2D eigenvalue weighted by molar-refractivity contribution is 0.120. The number of fused-ring (bicyclic) bond motifs is 2. The predicted molar refractivity (Wildman–Crippen MR) is 50.9 cm³/mol. The van der Waals surface area contributed by atoms with Crippen molar-refractivity contribution < 1.29 is 0 Å². The maximum Gasteiger partial charge on any atom is 0.112 e. The minimum Gasteiger partial charge on any atom is -0.313 e. The Labute approximate surface area is 79.5 Å². The number of nitrogens with two attached hydrogens (primary N) is 1. The van der Waals surface area contributed by atoms with E-state index in [1.165, 1.54) is 0 Å². The van der Waals surface area contributed by atoms with Crippen LogP contribution >= 0.6 is 0 Å². The highest BCUT2D eigenvalue weighted by Crippen LogP contribution is 2.42. The van der Waals surface area contributed by atoms with Crippen molar-refractivity contribution in [2.75, 3.05) is 19.6 Å². The molecule has 1 aliphatic heterocycles. The lowest BCUT2D eigenvalue weighted by Gasteiger charge is -2.40. The van der Waals surface area contributed by atoms with E-state index in [2.05, 4.69) is 17.9 Å². The van der Waals surface area contributed by atoms with E-state index in [4.69, 9.17) is 11.0 Å². The standard InChI is InChI=1S/C10H17N3/c1-2-13-5-8-3-4-9(6-13)10(8,12)7-11/h8-9H,2-6,12H2,1H3. The molecule has 1 saturated heterocycles. The Bertz CT molecular complexity index is 229. The molecule has 0 radical (unpaired) electrons. The Morgan fingerprint density at radius 2 is 2.00 bits per heavy atom. The van der Waals surface area contributed by atoms with Crippen LogP contribution in [0.3, 0.4) is 0 Å². The quantitative estimate of drug-likeness (QED) is 0.640.